The maximum absolute atomic E-state index is 11.8. The molecule has 1 N–H and O–H groups in total. The number of carbonyl (C=O) groups is 1. The summed E-state index contributed by atoms with van der Waals surface area (Å²) in [6.07, 6.45) is 5.54. The van der Waals surface area contributed by atoms with Crippen LogP contribution in [0.3, 0.4) is 0 Å². The standard InChI is InChI=1S/C20H25N3O2/c1-15-6-8-17(9-7-15)18-10-11-20(23-22-18)25-13-12-21-19(24)14-16-4-2-3-5-16/h6-11,16H,2-5,12-14H2,1H3,(H,21,24). The Morgan fingerprint density at radius 1 is 1.12 bits per heavy atom. The number of ether oxygens (including phenoxy) is 1. The second-order valence-electron chi connectivity index (χ2n) is 6.68. The van der Waals surface area contributed by atoms with Gasteiger partial charge in [-0.05, 0) is 31.7 Å². The van der Waals surface area contributed by atoms with Crippen LogP contribution in [0.1, 0.15) is 37.7 Å². The molecule has 0 saturated heterocycles. The Labute approximate surface area is 148 Å². The molecule has 1 aliphatic carbocycles. The largest absolute Gasteiger partial charge is 0.475 e. The summed E-state index contributed by atoms with van der Waals surface area (Å²) in [6.45, 7) is 2.95. The fraction of sp³-hybridized carbons (Fsp3) is 0.450. The molecule has 25 heavy (non-hydrogen) atoms. The lowest BCUT2D eigenvalue weighted by Gasteiger charge is -2.10. The SMILES string of the molecule is Cc1ccc(-c2ccc(OCCNC(=O)CC3CCCC3)nn2)cc1. The molecule has 0 aliphatic heterocycles. The molecule has 0 radical (unpaired) electrons. The van der Waals surface area contributed by atoms with Gasteiger partial charge in [-0.25, -0.2) is 0 Å². The van der Waals surface area contributed by atoms with Crippen molar-refractivity contribution >= 4 is 5.91 Å². The van der Waals surface area contributed by atoms with Gasteiger partial charge in [-0.15, -0.1) is 10.2 Å². The minimum absolute atomic E-state index is 0.122. The van der Waals surface area contributed by atoms with E-state index < -0.39 is 0 Å². The highest BCUT2D eigenvalue weighted by molar-refractivity contribution is 5.76. The molecule has 1 aliphatic rings. The number of rotatable bonds is 7. The zero-order chi connectivity index (χ0) is 17.5. The molecule has 0 bridgehead atoms. The van der Waals surface area contributed by atoms with E-state index in [1.807, 2.05) is 24.3 Å². The quantitative estimate of drug-likeness (QED) is 0.784. The van der Waals surface area contributed by atoms with E-state index in [9.17, 15) is 4.79 Å². The van der Waals surface area contributed by atoms with E-state index in [4.69, 9.17) is 4.74 Å². The fourth-order valence-corrected chi connectivity index (χ4v) is 3.17. The van der Waals surface area contributed by atoms with Gasteiger partial charge in [-0.1, -0.05) is 42.7 Å². The summed E-state index contributed by atoms with van der Waals surface area (Å²) in [5, 5.41) is 11.2. The molecule has 1 amide bonds. The van der Waals surface area contributed by atoms with Gasteiger partial charge in [0.15, 0.2) is 0 Å². The summed E-state index contributed by atoms with van der Waals surface area (Å²) in [6, 6.07) is 11.9. The Morgan fingerprint density at radius 2 is 1.88 bits per heavy atom. The van der Waals surface area contributed by atoms with Gasteiger partial charge in [0, 0.05) is 18.1 Å². The first-order valence-corrected chi connectivity index (χ1v) is 9.01. The number of hydrogen-bond donors (Lipinski definition) is 1. The van der Waals surface area contributed by atoms with Crippen molar-refractivity contribution in [2.24, 2.45) is 5.92 Å². The molecule has 132 valence electrons. The van der Waals surface area contributed by atoms with Gasteiger partial charge in [0.25, 0.3) is 0 Å². The van der Waals surface area contributed by atoms with Gasteiger partial charge in [-0.2, -0.15) is 0 Å². The van der Waals surface area contributed by atoms with Gasteiger partial charge in [-0.3, -0.25) is 4.79 Å². The second kappa shape index (κ2) is 8.60. The highest BCUT2D eigenvalue weighted by Gasteiger charge is 2.17. The van der Waals surface area contributed by atoms with E-state index in [0.29, 0.717) is 31.4 Å². The van der Waals surface area contributed by atoms with Crippen LogP contribution in [0.15, 0.2) is 36.4 Å². The molecule has 2 aromatic rings. The number of nitrogens with one attached hydrogen (secondary N) is 1. The number of carbonyl (C=O) groups excluding carboxylic acids is 1. The van der Waals surface area contributed by atoms with E-state index >= 15 is 0 Å². The molecular formula is C20H25N3O2. The monoisotopic (exact) mass is 339 g/mol. The van der Waals surface area contributed by atoms with Crippen molar-refractivity contribution in [2.75, 3.05) is 13.2 Å². The number of benzene rings is 1. The molecular weight excluding hydrogens is 314 g/mol. The van der Waals surface area contributed by atoms with Crippen LogP contribution in [-0.2, 0) is 4.79 Å². The van der Waals surface area contributed by atoms with Crippen molar-refractivity contribution in [1.82, 2.24) is 15.5 Å². The first-order valence-electron chi connectivity index (χ1n) is 9.01. The Kier molecular flexibility index (Phi) is 5.99. The van der Waals surface area contributed by atoms with Crippen molar-refractivity contribution < 1.29 is 9.53 Å². The molecule has 1 aromatic carbocycles. The lowest BCUT2D eigenvalue weighted by atomic mass is 10.0. The first-order chi connectivity index (χ1) is 12.2. The van der Waals surface area contributed by atoms with Crippen molar-refractivity contribution in [3.63, 3.8) is 0 Å². The molecule has 3 rings (SSSR count). The predicted octanol–water partition coefficient (Wildman–Crippen LogP) is 3.53. The van der Waals surface area contributed by atoms with Crippen LogP contribution in [0.2, 0.25) is 0 Å². The molecule has 5 nitrogen and oxygen atoms in total. The molecule has 1 heterocycles. The average Bonchev–Trinajstić information content (AvgIpc) is 3.13. The summed E-state index contributed by atoms with van der Waals surface area (Å²) in [5.74, 6) is 1.17. The third kappa shape index (κ3) is 5.28. The van der Waals surface area contributed by atoms with Gasteiger partial charge >= 0.3 is 0 Å². The van der Waals surface area contributed by atoms with Gasteiger partial charge in [0.05, 0.1) is 12.2 Å². The van der Waals surface area contributed by atoms with E-state index in [1.165, 1.54) is 31.2 Å². The van der Waals surface area contributed by atoms with Crippen LogP contribution >= 0.6 is 0 Å². The van der Waals surface area contributed by atoms with Gasteiger partial charge < -0.3 is 10.1 Å². The first kappa shape index (κ1) is 17.4. The second-order valence-corrected chi connectivity index (χ2v) is 6.68. The molecule has 0 unspecified atom stereocenters. The molecule has 1 saturated carbocycles. The average molecular weight is 339 g/mol. The number of nitrogens with zero attached hydrogens (tertiary/aromatic N) is 2. The third-order valence-corrected chi connectivity index (χ3v) is 4.61. The smallest absolute Gasteiger partial charge is 0.233 e. The van der Waals surface area contributed by atoms with E-state index in [-0.39, 0.29) is 5.91 Å². The lowest BCUT2D eigenvalue weighted by Crippen LogP contribution is -2.29. The summed E-state index contributed by atoms with van der Waals surface area (Å²) in [4.78, 5) is 11.8. The topological polar surface area (TPSA) is 64.1 Å². The number of aryl methyl sites for hydroxylation is 1. The Hall–Kier alpha value is -2.43. The maximum atomic E-state index is 11.8. The van der Waals surface area contributed by atoms with Crippen molar-refractivity contribution in [3.05, 3.63) is 42.0 Å². The van der Waals surface area contributed by atoms with Crippen LogP contribution in [0, 0.1) is 12.8 Å². The van der Waals surface area contributed by atoms with E-state index in [1.54, 1.807) is 0 Å². The van der Waals surface area contributed by atoms with Crippen LogP contribution in [0.25, 0.3) is 11.3 Å². The van der Waals surface area contributed by atoms with E-state index in [0.717, 1.165) is 11.3 Å². The molecule has 0 atom stereocenters. The van der Waals surface area contributed by atoms with Gasteiger partial charge in [0.2, 0.25) is 11.8 Å². The Balaban J connectivity index is 1.39. The highest BCUT2D eigenvalue weighted by atomic mass is 16.5. The summed E-state index contributed by atoms with van der Waals surface area (Å²) in [7, 11) is 0. The van der Waals surface area contributed by atoms with Crippen LogP contribution in [-0.4, -0.2) is 29.3 Å². The number of aromatic nitrogens is 2. The zero-order valence-corrected chi connectivity index (χ0v) is 14.7. The minimum Gasteiger partial charge on any atom is -0.475 e. The van der Waals surface area contributed by atoms with Gasteiger partial charge in [0.1, 0.15) is 6.61 Å². The van der Waals surface area contributed by atoms with Crippen LogP contribution in [0.5, 0.6) is 5.88 Å². The Bertz CT molecular complexity index is 677. The van der Waals surface area contributed by atoms with Crippen molar-refractivity contribution in [3.8, 4) is 17.1 Å². The highest BCUT2D eigenvalue weighted by Crippen LogP contribution is 2.27. The lowest BCUT2D eigenvalue weighted by molar-refractivity contribution is -0.122. The molecule has 0 spiro atoms. The normalized spacial score (nSPS) is 14.4. The number of hydrogen-bond acceptors (Lipinski definition) is 4. The van der Waals surface area contributed by atoms with E-state index in [2.05, 4.69) is 34.6 Å². The van der Waals surface area contributed by atoms with Crippen molar-refractivity contribution in [2.45, 2.75) is 39.0 Å². The number of amides is 1. The summed E-state index contributed by atoms with van der Waals surface area (Å²) < 4.78 is 5.55. The fourth-order valence-electron chi connectivity index (χ4n) is 3.17. The minimum atomic E-state index is 0.122. The molecule has 1 aromatic heterocycles. The van der Waals surface area contributed by atoms with Crippen LogP contribution in [0.4, 0.5) is 0 Å². The predicted molar refractivity (Wildman–Crippen MR) is 97.3 cm³/mol. The maximum Gasteiger partial charge on any atom is 0.233 e. The molecule has 5 heteroatoms. The third-order valence-electron chi connectivity index (χ3n) is 4.61. The summed E-state index contributed by atoms with van der Waals surface area (Å²) >= 11 is 0. The van der Waals surface area contributed by atoms with Crippen molar-refractivity contribution in [1.29, 1.82) is 0 Å². The zero-order valence-electron chi connectivity index (χ0n) is 14.7. The summed E-state index contributed by atoms with van der Waals surface area (Å²) in [5.41, 5.74) is 3.06. The Morgan fingerprint density at radius 3 is 2.56 bits per heavy atom. The van der Waals surface area contributed by atoms with Crippen LogP contribution < -0.4 is 10.1 Å². The molecule has 1 fully saturated rings.